The summed E-state index contributed by atoms with van der Waals surface area (Å²) < 4.78 is 0. The van der Waals surface area contributed by atoms with Crippen LogP contribution in [0.4, 0.5) is 5.69 Å². The molecule has 1 fully saturated rings. The van der Waals surface area contributed by atoms with Gasteiger partial charge in [-0.05, 0) is 75.7 Å². The lowest BCUT2D eigenvalue weighted by Gasteiger charge is -2.32. The Hall–Kier alpha value is -2.49. The van der Waals surface area contributed by atoms with Crippen LogP contribution in [0.15, 0.2) is 12.1 Å². The lowest BCUT2D eigenvalue weighted by Crippen LogP contribution is -2.36. The van der Waals surface area contributed by atoms with Gasteiger partial charge in [-0.1, -0.05) is 6.07 Å². The number of phenolic OH excluding ortho intramolecular Hbond substituents is 1. The second-order valence-electron chi connectivity index (χ2n) is 9.82. The number of Topliss-reactive ketones (excluding diaryl/α,β-unsaturated/α-hetero) is 2. The van der Waals surface area contributed by atoms with Crippen LogP contribution in [-0.4, -0.2) is 77.1 Å². The Labute approximate surface area is 200 Å². The topological polar surface area (TPSA) is 153 Å². The van der Waals surface area contributed by atoms with Gasteiger partial charge in [-0.15, -0.1) is 0 Å². The molecule has 0 radical (unpaired) electrons. The van der Waals surface area contributed by atoms with Gasteiger partial charge in [0, 0.05) is 25.0 Å². The number of primary amides is 1. The number of aliphatic hydroxyl groups excluding tert-OH is 2. The van der Waals surface area contributed by atoms with Gasteiger partial charge < -0.3 is 31.3 Å². The van der Waals surface area contributed by atoms with E-state index in [9.17, 15) is 29.7 Å². The molecule has 6 N–H and O–H groups in total. The van der Waals surface area contributed by atoms with Crippen molar-refractivity contribution < 1.29 is 29.7 Å². The molecule has 3 atom stereocenters. The van der Waals surface area contributed by atoms with Crippen LogP contribution in [0, 0.1) is 17.8 Å². The number of phenols is 1. The molecule has 1 aliphatic carbocycles. The maximum atomic E-state index is 13.0. The van der Waals surface area contributed by atoms with Gasteiger partial charge in [0.25, 0.3) is 0 Å². The molecule has 3 unspecified atom stereocenters. The van der Waals surface area contributed by atoms with Crippen LogP contribution in [0.1, 0.15) is 54.4 Å². The Kier molecular flexibility index (Phi) is 9.04. The number of piperidine rings is 1. The highest BCUT2D eigenvalue weighted by molar-refractivity contribution is 6.03. The molecular formula is C25H37N3O6. The molecule has 1 aromatic rings. The molecule has 9 heteroatoms. The number of anilines is 1. The highest BCUT2D eigenvalue weighted by Crippen LogP contribution is 2.40. The van der Waals surface area contributed by atoms with E-state index in [-0.39, 0.29) is 48.9 Å². The van der Waals surface area contributed by atoms with Gasteiger partial charge in [0.15, 0.2) is 5.78 Å². The first-order chi connectivity index (χ1) is 16.2. The summed E-state index contributed by atoms with van der Waals surface area (Å²) in [4.78, 5) is 38.9. The molecule has 1 aliphatic heterocycles. The van der Waals surface area contributed by atoms with Gasteiger partial charge in [0.1, 0.15) is 11.5 Å². The Balaban J connectivity index is 1.72. The van der Waals surface area contributed by atoms with Gasteiger partial charge in [-0.2, -0.15) is 0 Å². The van der Waals surface area contributed by atoms with Crippen molar-refractivity contribution in [2.45, 2.75) is 51.0 Å². The zero-order valence-electron chi connectivity index (χ0n) is 19.8. The number of hydrogen-bond acceptors (Lipinski definition) is 8. The summed E-state index contributed by atoms with van der Waals surface area (Å²) in [5.74, 6) is -2.64. The van der Waals surface area contributed by atoms with E-state index < -0.39 is 30.6 Å². The summed E-state index contributed by atoms with van der Waals surface area (Å²) in [5.41, 5.74) is 6.84. The Bertz CT molecular complexity index is 897. The van der Waals surface area contributed by atoms with Crippen LogP contribution in [0.3, 0.4) is 0 Å². The van der Waals surface area contributed by atoms with Crippen LogP contribution in [0.5, 0.6) is 5.75 Å². The van der Waals surface area contributed by atoms with E-state index in [0.717, 1.165) is 31.5 Å². The summed E-state index contributed by atoms with van der Waals surface area (Å²) in [6.07, 6.45) is 2.96. The molecule has 0 spiro atoms. The molecule has 34 heavy (non-hydrogen) atoms. The smallest absolute Gasteiger partial charge is 0.224 e. The van der Waals surface area contributed by atoms with Gasteiger partial charge in [-0.25, -0.2) is 0 Å². The molecule has 1 aromatic carbocycles. The summed E-state index contributed by atoms with van der Waals surface area (Å²) in [6, 6.07) is 3.94. The summed E-state index contributed by atoms with van der Waals surface area (Å²) in [5, 5.41) is 33.6. The highest BCUT2D eigenvalue weighted by atomic mass is 16.3. The van der Waals surface area contributed by atoms with E-state index in [0.29, 0.717) is 24.1 Å². The first-order valence-corrected chi connectivity index (χ1v) is 12.1. The maximum Gasteiger partial charge on any atom is 0.224 e. The van der Waals surface area contributed by atoms with E-state index in [1.807, 2.05) is 12.1 Å². The third kappa shape index (κ3) is 6.34. The number of nitrogens with zero attached hydrogens (tertiary/aromatic N) is 1. The maximum absolute atomic E-state index is 13.0. The van der Waals surface area contributed by atoms with Crippen LogP contribution in [0.25, 0.3) is 0 Å². The third-order valence-corrected chi connectivity index (χ3v) is 7.27. The fraction of sp³-hybridized carbons (Fsp3) is 0.640. The van der Waals surface area contributed by atoms with Gasteiger partial charge >= 0.3 is 0 Å². The molecule has 1 saturated heterocycles. The van der Waals surface area contributed by atoms with Crippen molar-refractivity contribution in [3.63, 3.8) is 0 Å². The first kappa shape index (κ1) is 26.1. The van der Waals surface area contributed by atoms with Crippen molar-refractivity contribution >= 4 is 23.2 Å². The minimum atomic E-state index is -0.814. The number of carbonyl (C=O) groups excluding carboxylic acids is 3. The monoisotopic (exact) mass is 475 g/mol. The van der Waals surface area contributed by atoms with Crippen LogP contribution in [-0.2, 0) is 16.0 Å². The Morgan fingerprint density at radius 2 is 1.91 bits per heavy atom. The molecule has 9 nitrogen and oxygen atoms in total. The molecule has 1 heterocycles. The largest absolute Gasteiger partial charge is 0.505 e. The van der Waals surface area contributed by atoms with E-state index >= 15 is 0 Å². The molecule has 188 valence electrons. The third-order valence-electron chi connectivity index (χ3n) is 7.27. The number of hydrogen-bond donors (Lipinski definition) is 5. The van der Waals surface area contributed by atoms with Crippen molar-refractivity contribution in [1.82, 2.24) is 4.90 Å². The minimum absolute atomic E-state index is 0.00310. The van der Waals surface area contributed by atoms with Crippen molar-refractivity contribution in [2.75, 3.05) is 38.7 Å². The van der Waals surface area contributed by atoms with Crippen molar-refractivity contribution in [3.8, 4) is 5.75 Å². The molecule has 2 aliphatic rings. The normalized spacial score (nSPS) is 21.0. The fourth-order valence-electron chi connectivity index (χ4n) is 5.41. The minimum Gasteiger partial charge on any atom is -0.505 e. The van der Waals surface area contributed by atoms with Gasteiger partial charge in [-0.3, -0.25) is 14.4 Å². The number of likely N-dealkylation sites (tertiary alicyclic amines) is 1. The molecule has 0 aromatic heterocycles. The average molecular weight is 476 g/mol. The number of nitrogens with two attached hydrogens (primary N) is 1. The number of fused-ring (bicyclic) bond motifs is 1. The number of nitrogens with one attached hydrogen (secondary N) is 1. The summed E-state index contributed by atoms with van der Waals surface area (Å²) in [7, 11) is 2.09. The quantitative estimate of drug-likeness (QED) is 0.235. The van der Waals surface area contributed by atoms with E-state index in [1.165, 1.54) is 0 Å². The van der Waals surface area contributed by atoms with Crippen LogP contribution in [0.2, 0.25) is 0 Å². The van der Waals surface area contributed by atoms with E-state index in [1.54, 1.807) is 0 Å². The number of ketones is 2. The number of aliphatic hydroxyl groups is 2. The fourth-order valence-corrected chi connectivity index (χ4v) is 5.41. The van der Waals surface area contributed by atoms with E-state index in [2.05, 4.69) is 17.3 Å². The number of aromatic hydroxyl groups is 1. The lowest BCUT2D eigenvalue weighted by atomic mass is 9.73. The lowest BCUT2D eigenvalue weighted by molar-refractivity contribution is -0.131. The standard InChI is InChI=1S/C25H37N3O6/c1-28-7-4-18(5-8-28)27-20-3-2-17-11-15(12-22(32)24(17)25(20)34)10-16(6-9-29)19(14-30)21(31)13-23(26)33/h2-3,15-16,18-19,27,29-30,34H,4-14H2,1H3,(H2,26,33). The van der Waals surface area contributed by atoms with Gasteiger partial charge in [0.2, 0.25) is 5.91 Å². The number of amides is 1. The van der Waals surface area contributed by atoms with Crippen molar-refractivity contribution in [1.29, 1.82) is 0 Å². The van der Waals surface area contributed by atoms with Crippen molar-refractivity contribution in [2.24, 2.45) is 23.5 Å². The van der Waals surface area contributed by atoms with Crippen molar-refractivity contribution in [3.05, 3.63) is 23.3 Å². The molecule has 0 bridgehead atoms. The Morgan fingerprint density at radius 1 is 1.21 bits per heavy atom. The van der Waals surface area contributed by atoms with Crippen LogP contribution < -0.4 is 11.1 Å². The second-order valence-corrected chi connectivity index (χ2v) is 9.82. The Morgan fingerprint density at radius 3 is 2.53 bits per heavy atom. The van der Waals surface area contributed by atoms with Gasteiger partial charge in [0.05, 0.1) is 24.3 Å². The first-order valence-electron chi connectivity index (χ1n) is 12.1. The highest BCUT2D eigenvalue weighted by Gasteiger charge is 2.34. The predicted octanol–water partition coefficient (Wildman–Crippen LogP) is 1.09. The summed E-state index contributed by atoms with van der Waals surface area (Å²) >= 11 is 0. The number of benzene rings is 1. The SMILES string of the molecule is CN1CCC(Nc2ccc3c(c2O)C(=O)CC(CC(CCO)C(CO)C(=O)CC(N)=O)C3)CC1. The van der Waals surface area contributed by atoms with E-state index in [4.69, 9.17) is 5.73 Å². The molecule has 0 saturated carbocycles. The number of rotatable bonds is 11. The second kappa shape index (κ2) is 11.8. The van der Waals surface area contributed by atoms with Crippen LogP contribution >= 0.6 is 0 Å². The molecule has 3 rings (SSSR count). The molecular weight excluding hydrogens is 438 g/mol. The molecule has 1 amide bonds. The zero-order valence-corrected chi connectivity index (χ0v) is 19.8. The number of carbonyl (C=O) groups is 3. The zero-order chi connectivity index (χ0) is 24.8. The average Bonchev–Trinajstić information content (AvgIpc) is 2.77. The predicted molar refractivity (Wildman–Crippen MR) is 128 cm³/mol. The summed E-state index contributed by atoms with van der Waals surface area (Å²) in [6.45, 7) is 1.35.